The molecule has 1 heterocycles. The number of nitrogens with zero attached hydrogens (tertiary/aromatic N) is 2. The Morgan fingerprint density at radius 3 is 2.43 bits per heavy atom. The number of aryl methyl sites for hydroxylation is 1. The predicted molar refractivity (Wildman–Crippen MR) is 131 cm³/mol. The average molecular weight is 491 g/mol. The van der Waals surface area contributed by atoms with Crippen LogP contribution < -0.4 is 16.0 Å². The van der Waals surface area contributed by atoms with Gasteiger partial charge >= 0.3 is 6.18 Å². The molecule has 0 bridgehead atoms. The lowest BCUT2D eigenvalue weighted by atomic mass is 9.92. The van der Waals surface area contributed by atoms with E-state index in [1.54, 1.807) is 6.07 Å². The molecule has 1 aliphatic carbocycles. The number of piperazine rings is 1. The number of benzene rings is 2. The third kappa shape index (κ3) is 6.60. The number of anilines is 3. The largest absolute Gasteiger partial charge is 0.418 e. The van der Waals surface area contributed by atoms with Crippen LogP contribution in [0.3, 0.4) is 0 Å². The molecular formula is C26H33F3N4O2. The monoisotopic (exact) mass is 490 g/mol. The molecule has 0 unspecified atom stereocenters. The zero-order chi connectivity index (χ0) is 25.0. The topological polar surface area (TPSA) is 70.8 Å². The average Bonchev–Trinajstić information content (AvgIpc) is 2.84. The van der Waals surface area contributed by atoms with Gasteiger partial charge in [-0.25, -0.2) is 0 Å². The summed E-state index contributed by atoms with van der Waals surface area (Å²) >= 11 is 0. The van der Waals surface area contributed by atoms with Gasteiger partial charge in [-0.1, -0.05) is 12.1 Å². The van der Waals surface area contributed by atoms with Crippen LogP contribution in [0.5, 0.6) is 0 Å². The van der Waals surface area contributed by atoms with Crippen LogP contribution in [0.2, 0.25) is 0 Å². The number of rotatable bonds is 6. The van der Waals surface area contributed by atoms with Gasteiger partial charge in [0.2, 0.25) is 5.91 Å². The Balaban J connectivity index is 1.18. The summed E-state index contributed by atoms with van der Waals surface area (Å²) in [6.07, 6.45) is -1.45. The van der Waals surface area contributed by atoms with Crippen molar-refractivity contribution in [1.29, 1.82) is 0 Å². The SMILES string of the molecule is Cc1cccc(N2CCN(C(=O)COC3CCC(Nc4ccc(N)c(C(F)(F)F)c4)CC3)CC2)c1. The van der Waals surface area contributed by atoms with Gasteiger partial charge in [-0.2, -0.15) is 13.2 Å². The van der Waals surface area contributed by atoms with E-state index in [4.69, 9.17) is 10.5 Å². The fraction of sp³-hybridized carbons (Fsp3) is 0.500. The number of alkyl halides is 3. The zero-order valence-corrected chi connectivity index (χ0v) is 20.0. The summed E-state index contributed by atoms with van der Waals surface area (Å²) in [6.45, 7) is 5.09. The summed E-state index contributed by atoms with van der Waals surface area (Å²) in [5, 5.41) is 3.19. The van der Waals surface area contributed by atoms with Crippen molar-refractivity contribution in [2.45, 2.75) is 50.9 Å². The van der Waals surface area contributed by atoms with Gasteiger partial charge in [0.05, 0.1) is 11.7 Å². The molecule has 3 N–H and O–H groups in total. The second-order valence-electron chi connectivity index (χ2n) is 9.44. The van der Waals surface area contributed by atoms with Crippen molar-refractivity contribution < 1.29 is 22.7 Å². The Morgan fingerprint density at radius 2 is 1.77 bits per heavy atom. The minimum absolute atomic E-state index is 0.00990. The fourth-order valence-electron chi connectivity index (χ4n) is 4.82. The van der Waals surface area contributed by atoms with E-state index in [0.29, 0.717) is 18.8 Å². The van der Waals surface area contributed by atoms with Gasteiger partial charge in [0, 0.05) is 49.3 Å². The number of carbonyl (C=O) groups is 1. The van der Waals surface area contributed by atoms with E-state index in [0.717, 1.165) is 44.8 Å². The van der Waals surface area contributed by atoms with E-state index < -0.39 is 11.7 Å². The molecule has 0 spiro atoms. The van der Waals surface area contributed by atoms with Crippen LogP contribution >= 0.6 is 0 Å². The van der Waals surface area contributed by atoms with Crippen LogP contribution in [0.4, 0.5) is 30.2 Å². The number of nitrogens with two attached hydrogens (primary N) is 1. The van der Waals surface area contributed by atoms with Gasteiger partial charge in [-0.15, -0.1) is 0 Å². The standard InChI is InChI=1S/C26H33F3N4O2/c1-18-3-2-4-21(15-18)32-11-13-33(14-12-32)25(34)17-35-22-8-5-19(6-9-22)31-20-7-10-24(30)23(16-20)26(27,28)29/h2-4,7,10,15-16,19,22,31H,5-6,8-9,11-14,17,30H2,1H3. The molecule has 1 amide bonds. The molecule has 2 aromatic rings. The van der Waals surface area contributed by atoms with Crippen LogP contribution in [0.25, 0.3) is 0 Å². The van der Waals surface area contributed by atoms with Crippen molar-refractivity contribution in [2.24, 2.45) is 0 Å². The van der Waals surface area contributed by atoms with E-state index in [9.17, 15) is 18.0 Å². The summed E-state index contributed by atoms with van der Waals surface area (Å²) < 4.78 is 45.2. The van der Waals surface area contributed by atoms with Crippen molar-refractivity contribution in [3.63, 3.8) is 0 Å². The minimum Gasteiger partial charge on any atom is -0.398 e. The molecule has 2 aromatic carbocycles. The fourth-order valence-corrected chi connectivity index (χ4v) is 4.82. The number of nitrogen functional groups attached to an aromatic ring is 1. The number of halogens is 3. The molecule has 1 aliphatic heterocycles. The highest BCUT2D eigenvalue weighted by Crippen LogP contribution is 2.35. The first kappa shape index (κ1) is 25.2. The molecular weight excluding hydrogens is 457 g/mol. The number of amides is 1. The van der Waals surface area contributed by atoms with Crippen molar-refractivity contribution in [3.05, 3.63) is 53.6 Å². The Hall–Kier alpha value is -2.94. The van der Waals surface area contributed by atoms with Crippen molar-refractivity contribution in [1.82, 2.24) is 4.90 Å². The maximum Gasteiger partial charge on any atom is 0.418 e. The van der Waals surface area contributed by atoms with Gasteiger partial charge < -0.3 is 25.6 Å². The molecule has 2 fully saturated rings. The van der Waals surface area contributed by atoms with Crippen molar-refractivity contribution in [2.75, 3.05) is 48.7 Å². The first-order valence-electron chi connectivity index (χ1n) is 12.1. The molecule has 35 heavy (non-hydrogen) atoms. The van der Waals surface area contributed by atoms with Crippen molar-refractivity contribution in [3.8, 4) is 0 Å². The second kappa shape index (κ2) is 10.8. The van der Waals surface area contributed by atoms with Gasteiger partial charge in [0.15, 0.2) is 0 Å². The molecule has 6 nitrogen and oxygen atoms in total. The van der Waals surface area contributed by atoms with Crippen LogP contribution in [0, 0.1) is 6.92 Å². The molecule has 1 saturated heterocycles. The highest BCUT2D eigenvalue weighted by atomic mass is 19.4. The molecule has 9 heteroatoms. The summed E-state index contributed by atoms with van der Waals surface area (Å²) in [6, 6.07) is 12.4. The maximum absolute atomic E-state index is 13.1. The molecule has 2 aliphatic rings. The Labute approximate surface area is 204 Å². The highest BCUT2D eigenvalue weighted by Gasteiger charge is 2.33. The van der Waals surface area contributed by atoms with Crippen LogP contribution in [-0.2, 0) is 15.7 Å². The first-order valence-corrected chi connectivity index (χ1v) is 12.1. The van der Waals surface area contributed by atoms with E-state index in [1.165, 1.54) is 17.3 Å². The third-order valence-corrected chi connectivity index (χ3v) is 6.85. The molecule has 0 radical (unpaired) electrons. The number of nitrogens with one attached hydrogen (secondary N) is 1. The summed E-state index contributed by atoms with van der Waals surface area (Å²) in [4.78, 5) is 16.8. The number of hydrogen-bond acceptors (Lipinski definition) is 5. The van der Waals surface area contributed by atoms with E-state index >= 15 is 0 Å². The molecule has 0 aromatic heterocycles. The van der Waals surface area contributed by atoms with Gasteiger partial charge in [-0.05, 0) is 68.5 Å². The molecule has 1 saturated carbocycles. The molecule has 4 rings (SSSR count). The van der Waals surface area contributed by atoms with Crippen LogP contribution in [-0.4, -0.2) is 55.7 Å². The summed E-state index contributed by atoms with van der Waals surface area (Å²) in [5.74, 6) is 0.00990. The Morgan fingerprint density at radius 1 is 1.06 bits per heavy atom. The number of hydrogen-bond donors (Lipinski definition) is 2. The molecule has 0 atom stereocenters. The zero-order valence-electron chi connectivity index (χ0n) is 20.0. The summed E-state index contributed by atoms with van der Waals surface area (Å²) in [5.41, 5.74) is 7.20. The lowest BCUT2D eigenvalue weighted by molar-refractivity contribution is -0.139. The summed E-state index contributed by atoms with van der Waals surface area (Å²) in [7, 11) is 0. The Bertz CT molecular complexity index is 1010. The minimum atomic E-state index is -4.48. The quantitative estimate of drug-likeness (QED) is 0.576. The lowest BCUT2D eigenvalue weighted by Crippen LogP contribution is -2.50. The first-order chi connectivity index (χ1) is 16.7. The lowest BCUT2D eigenvalue weighted by Gasteiger charge is -2.36. The number of ether oxygens (including phenoxy) is 1. The van der Waals surface area contributed by atoms with E-state index in [2.05, 4.69) is 41.4 Å². The van der Waals surface area contributed by atoms with Crippen molar-refractivity contribution >= 4 is 23.0 Å². The van der Waals surface area contributed by atoms with Gasteiger partial charge in [0.25, 0.3) is 0 Å². The third-order valence-electron chi connectivity index (χ3n) is 6.85. The smallest absolute Gasteiger partial charge is 0.398 e. The van der Waals surface area contributed by atoms with E-state index in [-0.39, 0.29) is 30.3 Å². The Kier molecular flexibility index (Phi) is 7.74. The molecule has 190 valence electrons. The predicted octanol–water partition coefficient (Wildman–Crippen LogP) is 4.68. The van der Waals surface area contributed by atoms with Crippen LogP contribution in [0.15, 0.2) is 42.5 Å². The van der Waals surface area contributed by atoms with E-state index in [1.807, 2.05) is 4.90 Å². The normalized spacial score (nSPS) is 21.1. The van der Waals surface area contributed by atoms with Gasteiger partial charge in [0.1, 0.15) is 6.61 Å². The number of carbonyl (C=O) groups excluding carboxylic acids is 1. The highest BCUT2D eigenvalue weighted by molar-refractivity contribution is 5.77. The second-order valence-corrected chi connectivity index (χ2v) is 9.44. The van der Waals surface area contributed by atoms with Crippen LogP contribution in [0.1, 0.15) is 36.8 Å². The van der Waals surface area contributed by atoms with Gasteiger partial charge in [-0.3, -0.25) is 4.79 Å². The maximum atomic E-state index is 13.1.